The SMILES string of the molecule is C[C@@H]1CN(C(=O)OC(C)(C)C)CCN1c1ncc(OCc2ccncc2N)cn1. The van der Waals surface area contributed by atoms with Crippen LogP contribution in [-0.4, -0.2) is 57.2 Å². The van der Waals surface area contributed by atoms with E-state index in [1.807, 2.05) is 33.8 Å². The fraction of sp³-hybridized carbons (Fsp3) is 0.500. The Morgan fingerprint density at radius 2 is 1.97 bits per heavy atom. The van der Waals surface area contributed by atoms with E-state index in [4.69, 9.17) is 15.2 Å². The lowest BCUT2D eigenvalue weighted by Gasteiger charge is -2.40. The van der Waals surface area contributed by atoms with Gasteiger partial charge < -0.3 is 25.0 Å². The molecule has 3 rings (SSSR count). The molecule has 156 valence electrons. The van der Waals surface area contributed by atoms with Crippen molar-refractivity contribution in [2.24, 2.45) is 0 Å². The molecular weight excluding hydrogens is 372 g/mol. The summed E-state index contributed by atoms with van der Waals surface area (Å²) >= 11 is 0. The Morgan fingerprint density at radius 1 is 1.24 bits per heavy atom. The zero-order valence-corrected chi connectivity index (χ0v) is 17.3. The molecule has 0 aliphatic carbocycles. The van der Waals surface area contributed by atoms with Crippen LogP contribution in [0.1, 0.15) is 33.3 Å². The first-order chi connectivity index (χ1) is 13.7. The van der Waals surface area contributed by atoms with Crippen molar-refractivity contribution in [3.63, 3.8) is 0 Å². The summed E-state index contributed by atoms with van der Waals surface area (Å²) in [5, 5.41) is 0. The predicted molar refractivity (Wildman–Crippen MR) is 110 cm³/mol. The molecule has 1 saturated heterocycles. The van der Waals surface area contributed by atoms with Crippen LogP contribution in [0.3, 0.4) is 0 Å². The summed E-state index contributed by atoms with van der Waals surface area (Å²) in [4.78, 5) is 28.9. The van der Waals surface area contributed by atoms with Crippen LogP contribution in [0.4, 0.5) is 16.4 Å². The number of aromatic nitrogens is 3. The molecule has 2 aromatic rings. The Hall–Kier alpha value is -3.10. The van der Waals surface area contributed by atoms with Crippen molar-refractivity contribution in [3.05, 3.63) is 36.4 Å². The summed E-state index contributed by atoms with van der Waals surface area (Å²) in [6.45, 7) is 9.70. The lowest BCUT2D eigenvalue weighted by atomic mass is 10.2. The number of ether oxygens (including phenoxy) is 2. The number of nitrogen functional groups attached to an aromatic ring is 1. The minimum Gasteiger partial charge on any atom is -0.486 e. The van der Waals surface area contributed by atoms with Gasteiger partial charge in [-0.25, -0.2) is 14.8 Å². The Bertz CT molecular complexity index is 837. The van der Waals surface area contributed by atoms with Crippen molar-refractivity contribution < 1.29 is 14.3 Å². The standard InChI is InChI=1S/C20H28N6O3/c1-14-12-25(19(27)29-20(2,3)4)7-8-26(14)18-23-9-16(10-24-18)28-13-15-5-6-22-11-17(15)21/h5-6,9-11,14H,7-8,12-13,21H2,1-4H3/t14-/m1/s1. The summed E-state index contributed by atoms with van der Waals surface area (Å²) in [5.74, 6) is 1.17. The number of nitrogens with zero attached hydrogens (tertiary/aromatic N) is 5. The molecule has 0 saturated carbocycles. The zero-order valence-electron chi connectivity index (χ0n) is 17.3. The Labute approximate surface area is 170 Å². The van der Waals surface area contributed by atoms with Gasteiger partial charge in [-0.05, 0) is 33.8 Å². The predicted octanol–water partition coefficient (Wildman–Crippen LogP) is 2.48. The number of hydrogen-bond acceptors (Lipinski definition) is 8. The maximum Gasteiger partial charge on any atom is 0.410 e. The Balaban J connectivity index is 1.56. The van der Waals surface area contributed by atoms with Gasteiger partial charge in [0.25, 0.3) is 0 Å². The highest BCUT2D eigenvalue weighted by Crippen LogP contribution is 2.20. The number of pyridine rings is 1. The topological polar surface area (TPSA) is 107 Å². The average Bonchev–Trinajstić information content (AvgIpc) is 2.66. The van der Waals surface area contributed by atoms with Crippen molar-refractivity contribution >= 4 is 17.7 Å². The van der Waals surface area contributed by atoms with Crippen molar-refractivity contribution in [1.82, 2.24) is 19.9 Å². The van der Waals surface area contributed by atoms with Crippen LogP contribution < -0.4 is 15.4 Å². The number of hydrogen-bond donors (Lipinski definition) is 1. The van der Waals surface area contributed by atoms with Gasteiger partial charge in [-0.3, -0.25) is 4.98 Å². The van der Waals surface area contributed by atoms with Crippen LogP contribution in [0.5, 0.6) is 5.75 Å². The smallest absolute Gasteiger partial charge is 0.410 e. The number of amides is 1. The molecular formula is C20H28N6O3. The van der Waals surface area contributed by atoms with Crippen molar-refractivity contribution in [3.8, 4) is 5.75 Å². The maximum absolute atomic E-state index is 12.3. The van der Waals surface area contributed by atoms with Gasteiger partial charge in [0.05, 0.1) is 24.3 Å². The van der Waals surface area contributed by atoms with E-state index in [-0.39, 0.29) is 12.1 Å². The number of rotatable bonds is 4. The molecule has 0 spiro atoms. The molecule has 1 aliphatic rings. The second kappa shape index (κ2) is 8.50. The van der Waals surface area contributed by atoms with E-state index in [2.05, 4.69) is 19.9 Å². The monoisotopic (exact) mass is 400 g/mol. The molecule has 9 nitrogen and oxygen atoms in total. The van der Waals surface area contributed by atoms with E-state index < -0.39 is 5.60 Å². The van der Waals surface area contributed by atoms with Gasteiger partial charge in [-0.15, -0.1) is 0 Å². The number of nitrogens with two attached hydrogens (primary N) is 1. The van der Waals surface area contributed by atoms with Gasteiger partial charge in [0.1, 0.15) is 12.2 Å². The summed E-state index contributed by atoms with van der Waals surface area (Å²) < 4.78 is 11.2. The first-order valence-corrected chi connectivity index (χ1v) is 9.61. The highest BCUT2D eigenvalue weighted by Gasteiger charge is 2.30. The summed E-state index contributed by atoms with van der Waals surface area (Å²) in [5.41, 5.74) is 6.81. The first kappa shape index (κ1) is 20.6. The largest absolute Gasteiger partial charge is 0.486 e. The van der Waals surface area contributed by atoms with Crippen LogP contribution in [0.2, 0.25) is 0 Å². The molecule has 1 aliphatic heterocycles. The number of piperazine rings is 1. The number of carbonyl (C=O) groups excluding carboxylic acids is 1. The molecule has 3 heterocycles. The minimum absolute atomic E-state index is 0.0691. The van der Waals surface area contributed by atoms with Gasteiger partial charge in [0.2, 0.25) is 5.95 Å². The van der Waals surface area contributed by atoms with Crippen molar-refractivity contribution in [1.29, 1.82) is 0 Å². The fourth-order valence-corrected chi connectivity index (χ4v) is 3.01. The molecule has 1 fully saturated rings. The van der Waals surface area contributed by atoms with E-state index in [1.54, 1.807) is 29.7 Å². The van der Waals surface area contributed by atoms with Crippen molar-refractivity contribution in [2.45, 2.75) is 45.9 Å². The maximum atomic E-state index is 12.3. The summed E-state index contributed by atoms with van der Waals surface area (Å²) in [7, 11) is 0. The van der Waals surface area contributed by atoms with Gasteiger partial charge in [-0.2, -0.15) is 0 Å². The molecule has 1 atom stereocenters. The number of anilines is 2. The van der Waals surface area contributed by atoms with Crippen LogP contribution in [0, 0.1) is 0 Å². The quantitative estimate of drug-likeness (QED) is 0.834. The van der Waals surface area contributed by atoms with Crippen LogP contribution in [0.25, 0.3) is 0 Å². The van der Waals surface area contributed by atoms with E-state index in [0.29, 0.717) is 43.6 Å². The third-order valence-corrected chi connectivity index (χ3v) is 4.49. The summed E-state index contributed by atoms with van der Waals surface area (Å²) in [6.07, 6.45) is 6.27. The Morgan fingerprint density at radius 3 is 2.59 bits per heavy atom. The van der Waals surface area contributed by atoms with Crippen LogP contribution in [0.15, 0.2) is 30.9 Å². The molecule has 0 unspecified atom stereocenters. The second-order valence-corrected chi connectivity index (χ2v) is 8.05. The van der Waals surface area contributed by atoms with Gasteiger partial charge in [0.15, 0.2) is 5.75 Å². The fourth-order valence-electron chi connectivity index (χ4n) is 3.01. The van der Waals surface area contributed by atoms with Gasteiger partial charge in [-0.1, -0.05) is 0 Å². The molecule has 29 heavy (non-hydrogen) atoms. The highest BCUT2D eigenvalue weighted by molar-refractivity contribution is 5.68. The van der Waals surface area contributed by atoms with E-state index in [1.165, 1.54) is 0 Å². The van der Waals surface area contributed by atoms with E-state index in [0.717, 1.165) is 5.56 Å². The van der Waals surface area contributed by atoms with Crippen LogP contribution >= 0.6 is 0 Å². The second-order valence-electron chi connectivity index (χ2n) is 8.05. The third kappa shape index (κ3) is 5.46. The molecule has 0 aromatic carbocycles. The first-order valence-electron chi connectivity index (χ1n) is 9.61. The van der Waals surface area contributed by atoms with Crippen molar-refractivity contribution in [2.75, 3.05) is 30.3 Å². The molecule has 9 heteroatoms. The van der Waals surface area contributed by atoms with Crippen LogP contribution in [-0.2, 0) is 11.3 Å². The summed E-state index contributed by atoms with van der Waals surface area (Å²) in [6, 6.07) is 1.88. The lowest BCUT2D eigenvalue weighted by molar-refractivity contribution is 0.0218. The highest BCUT2D eigenvalue weighted by atomic mass is 16.6. The third-order valence-electron chi connectivity index (χ3n) is 4.49. The minimum atomic E-state index is -0.503. The van der Waals surface area contributed by atoms with E-state index >= 15 is 0 Å². The molecule has 1 amide bonds. The van der Waals surface area contributed by atoms with E-state index in [9.17, 15) is 4.79 Å². The normalized spacial score (nSPS) is 17.2. The van der Waals surface area contributed by atoms with Gasteiger partial charge >= 0.3 is 6.09 Å². The lowest BCUT2D eigenvalue weighted by Crippen LogP contribution is -2.55. The Kier molecular flexibility index (Phi) is 6.05. The average molecular weight is 400 g/mol. The zero-order chi connectivity index (χ0) is 21.0. The molecule has 2 aromatic heterocycles. The molecule has 0 radical (unpaired) electrons. The van der Waals surface area contributed by atoms with Gasteiger partial charge in [0, 0.05) is 37.4 Å². The molecule has 2 N–H and O–H groups in total. The number of carbonyl (C=O) groups is 1. The molecule has 0 bridgehead atoms.